The Balaban J connectivity index is 0.000000368. The largest absolute Gasteiger partial charge is 0.478 e. The van der Waals surface area contributed by atoms with Crippen molar-refractivity contribution in [1.82, 2.24) is 4.90 Å². The van der Waals surface area contributed by atoms with E-state index in [1.54, 1.807) is 0 Å². The summed E-state index contributed by atoms with van der Waals surface area (Å²) in [5, 5.41) is 15.6. The molecular formula is C31H31F2NO4. The second kappa shape index (κ2) is 12.1. The normalized spacial score (nSPS) is 20.1. The highest BCUT2D eigenvalue weighted by molar-refractivity contribution is 5.89. The molecule has 38 heavy (non-hydrogen) atoms. The molecule has 0 radical (unpaired) electrons. The van der Waals surface area contributed by atoms with E-state index in [4.69, 9.17) is 10.2 Å². The summed E-state index contributed by atoms with van der Waals surface area (Å²) in [4.78, 5) is 21.7. The first-order valence-electron chi connectivity index (χ1n) is 12.7. The van der Waals surface area contributed by atoms with Crippen molar-refractivity contribution in [3.8, 4) is 0 Å². The number of likely N-dealkylation sites (tertiary alicyclic amines) is 1. The van der Waals surface area contributed by atoms with Crippen molar-refractivity contribution in [3.05, 3.63) is 119 Å². The number of benzene rings is 3. The number of rotatable bonds is 9. The van der Waals surface area contributed by atoms with Crippen LogP contribution in [0.4, 0.5) is 8.78 Å². The molecule has 5 rings (SSSR count). The summed E-state index contributed by atoms with van der Waals surface area (Å²) in [5.41, 5.74) is 4.06. The number of piperidine rings is 1. The van der Waals surface area contributed by atoms with E-state index in [0.29, 0.717) is 17.6 Å². The molecule has 2 unspecified atom stereocenters. The van der Waals surface area contributed by atoms with Gasteiger partial charge in [-0.15, -0.1) is 0 Å². The molecule has 1 aliphatic heterocycles. The van der Waals surface area contributed by atoms with Gasteiger partial charge in [0.2, 0.25) is 0 Å². The summed E-state index contributed by atoms with van der Waals surface area (Å²) >= 11 is 0. The number of carboxylic acid groups (broad SMARTS) is 2. The molecule has 2 aliphatic rings. The maximum atomic E-state index is 13.4. The summed E-state index contributed by atoms with van der Waals surface area (Å²) in [6.07, 6.45) is 4.47. The molecule has 2 N–H and O–H groups in total. The molecule has 198 valence electrons. The molecule has 1 saturated heterocycles. The van der Waals surface area contributed by atoms with Gasteiger partial charge in [0.25, 0.3) is 0 Å². The quantitative estimate of drug-likeness (QED) is 0.346. The molecule has 0 amide bonds. The minimum atomic E-state index is -1.26. The number of nitrogens with zero attached hydrogens (tertiary/aromatic N) is 1. The Bertz CT molecular complexity index is 1200. The van der Waals surface area contributed by atoms with Gasteiger partial charge in [0, 0.05) is 36.6 Å². The molecule has 0 aromatic heterocycles. The van der Waals surface area contributed by atoms with Crippen LogP contribution in [0.15, 0.2) is 91.0 Å². The summed E-state index contributed by atoms with van der Waals surface area (Å²) in [7, 11) is 0. The third kappa shape index (κ3) is 6.92. The average molecular weight is 520 g/mol. The lowest BCUT2D eigenvalue weighted by atomic mass is 9.87. The third-order valence-electron chi connectivity index (χ3n) is 7.45. The van der Waals surface area contributed by atoms with Gasteiger partial charge < -0.3 is 15.1 Å². The third-order valence-corrected chi connectivity index (χ3v) is 7.45. The second-order valence-corrected chi connectivity index (χ2v) is 9.97. The highest BCUT2D eigenvalue weighted by Gasteiger charge is 2.60. The number of aliphatic carboxylic acids is 2. The van der Waals surface area contributed by atoms with E-state index in [9.17, 15) is 18.4 Å². The molecule has 1 saturated carbocycles. The van der Waals surface area contributed by atoms with Crippen molar-refractivity contribution in [2.24, 2.45) is 5.92 Å². The Labute approximate surface area is 221 Å². The van der Waals surface area contributed by atoms with Crippen LogP contribution in [0.25, 0.3) is 0 Å². The number of halogens is 2. The fraction of sp³-hybridized carbons (Fsp3) is 0.290. The van der Waals surface area contributed by atoms with Crippen molar-refractivity contribution < 1.29 is 28.6 Å². The first kappa shape index (κ1) is 27.2. The summed E-state index contributed by atoms with van der Waals surface area (Å²) in [5.74, 6) is -2.01. The van der Waals surface area contributed by atoms with Crippen molar-refractivity contribution in [1.29, 1.82) is 0 Å². The van der Waals surface area contributed by atoms with E-state index < -0.39 is 11.9 Å². The van der Waals surface area contributed by atoms with Crippen LogP contribution in [0.3, 0.4) is 0 Å². The predicted molar refractivity (Wildman–Crippen MR) is 141 cm³/mol. The van der Waals surface area contributed by atoms with Crippen LogP contribution in [-0.4, -0.2) is 46.7 Å². The van der Waals surface area contributed by atoms with Crippen LogP contribution in [-0.2, 0) is 15.0 Å². The van der Waals surface area contributed by atoms with Gasteiger partial charge in [-0.3, -0.25) is 0 Å². The molecule has 2 atom stereocenters. The topological polar surface area (TPSA) is 77.8 Å². The van der Waals surface area contributed by atoms with Gasteiger partial charge in [0.15, 0.2) is 0 Å². The van der Waals surface area contributed by atoms with Crippen LogP contribution in [0.1, 0.15) is 41.9 Å². The van der Waals surface area contributed by atoms with Crippen LogP contribution in [0.2, 0.25) is 0 Å². The molecule has 0 bridgehead atoms. The molecule has 0 spiro atoms. The summed E-state index contributed by atoms with van der Waals surface area (Å²) in [6, 6.07) is 24.5. The maximum Gasteiger partial charge on any atom is 0.328 e. The minimum absolute atomic E-state index is 0.159. The Morgan fingerprint density at radius 3 is 1.89 bits per heavy atom. The van der Waals surface area contributed by atoms with E-state index >= 15 is 0 Å². The molecule has 7 heteroatoms. The Hall–Kier alpha value is -3.84. The molecule has 1 aliphatic carbocycles. The molecule has 3 aromatic carbocycles. The number of fused-ring (bicyclic) bond motifs is 1. The molecular weight excluding hydrogens is 488 g/mol. The smallest absolute Gasteiger partial charge is 0.328 e. The number of hydrogen-bond donors (Lipinski definition) is 2. The lowest BCUT2D eigenvalue weighted by Crippen LogP contribution is -2.27. The van der Waals surface area contributed by atoms with Crippen molar-refractivity contribution in [2.45, 2.75) is 30.6 Å². The van der Waals surface area contributed by atoms with Gasteiger partial charge in [-0.2, -0.15) is 0 Å². The lowest BCUT2D eigenvalue weighted by Gasteiger charge is -2.23. The van der Waals surface area contributed by atoms with Gasteiger partial charge in [0.05, 0.1) is 0 Å². The summed E-state index contributed by atoms with van der Waals surface area (Å²) in [6.45, 7) is 3.41. The first-order valence-corrected chi connectivity index (χ1v) is 12.7. The fourth-order valence-corrected chi connectivity index (χ4v) is 5.55. The monoisotopic (exact) mass is 519 g/mol. The van der Waals surface area contributed by atoms with Gasteiger partial charge >= 0.3 is 11.9 Å². The Morgan fingerprint density at radius 2 is 1.39 bits per heavy atom. The number of carbonyl (C=O) groups is 2. The number of hydrogen-bond acceptors (Lipinski definition) is 3. The zero-order valence-corrected chi connectivity index (χ0v) is 21.0. The predicted octanol–water partition coefficient (Wildman–Crippen LogP) is 5.86. The first-order chi connectivity index (χ1) is 18.3. The van der Waals surface area contributed by atoms with Crippen LogP contribution in [0.5, 0.6) is 0 Å². The molecule has 1 heterocycles. The van der Waals surface area contributed by atoms with E-state index in [-0.39, 0.29) is 17.6 Å². The molecule has 3 aromatic rings. The summed E-state index contributed by atoms with van der Waals surface area (Å²) < 4.78 is 26.8. The van der Waals surface area contributed by atoms with Crippen LogP contribution >= 0.6 is 0 Å². The van der Waals surface area contributed by atoms with Crippen molar-refractivity contribution >= 4 is 11.9 Å². The molecule has 2 fully saturated rings. The van der Waals surface area contributed by atoms with E-state index in [1.807, 2.05) is 24.3 Å². The Morgan fingerprint density at radius 1 is 0.868 bits per heavy atom. The van der Waals surface area contributed by atoms with Gasteiger partial charge in [0.1, 0.15) is 11.6 Å². The molecule has 5 nitrogen and oxygen atoms in total. The van der Waals surface area contributed by atoms with Gasteiger partial charge in [-0.25, -0.2) is 18.4 Å². The van der Waals surface area contributed by atoms with E-state index in [0.717, 1.165) is 43.0 Å². The van der Waals surface area contributed by atoms with Gasteiger partial charge in [-0.05, 0) is 72.7 Å². The zero-order chi connectivity index (χ0) is 27.1. The fourth-order valence-electron chi connectivity index (χ4n) is 5.55. The number of carboxylic acids is 2. The average Bonchev–Trinajstić information content (AvgIpc) is 3.49. The van der Waals surface area contributed by atoms with E-state index in [2.05, 4.69) is 35.2 Å². The maximum absolute atomic E-state index is 13.4. The van der Waals surface area contributed by atoms with Crippen LogP contribution < -0.4 is 0 Å². The highest BCUT2D eigenvalue weighted by atomic mass is 19.1. The van der Waals surface area contributed by atoms with Gasteiger partial charge in [-0.1, -0.05) is 54.6 Å². The van der Waals surface area contributed by atoms with Crippen molar-refractivity contribution in [2.75, 3.05) is 19.6 Å². The minimum Gasteiger partial charge on any atom is -0.478 e. The second-order valence-electron chi connectivity index (χ2n) is 9.97. The lowest BCUT2D eigenvalue weighted by molar-refractivity contribution is -0.134. The zero-order valence-electron chi connectivity index (χ0n) is 21.0. The Kier molecular flexibility index (Phi) is 8.69. The van der Waals surface area contributed by atoms with E-state index in [1.165, 1.54) is 42.8 Å². The standard InChI is InChI=1S/C27H27F2N.C4H4O4/c28-24-12-8-20(9-13-24)26(21-10-14-25(29)15-11-21)7-4-16-30-18-23-17-27(23,19-30)22-5-2-1-3-6-22;5-3(6)1-2-4(7)8/h1-3,5-6,8-15,23,26H,4,7,16-19H2;1-2H,(H,5,6)(H,7,8). The van der Waals surface area contributed by atoms with Crippen molar-refractivity contribution in [3.63, 3.8) is 0 Å². The van der Waals surface area contributed by atoms with Crippen LogP contribution in [0, 0.1) is 17.6 Å². The SMILES string of the molecule is Fc1ccc(C(CCCN2CC3CC3(c3ccccc3)C2)c2ccc(F)cc2)cc1.O=C(O)C=CC(=O)O. The highest BCUT2D eigenvalue weighted by Crippen LogP contribution is 2.58.